The number of rotatable bonds is 8. The predicted molar refractivity (Wildman–Crippen MR) is 144 cm³/mol. The summed E-state index contributed by atoms with van der Waals surface area (Å²) in [4.78, 5) is 17.9. The van der Waals surface area contributed by atoms with Crippen LogP contribution in [0.25, 0.3) is 21.0 Å². The predicted octanol–water partition coefficient (Wildman–Crippen LogP) is 5.12. The van der Waals surface area contributed by atoms with Gasteiger partial charge in [0, 0.05) is 47.8 Å². The van der Waals surface area contributed by atoms with E-state index < -0.39 is 17.5 Å². The number of carbonyl (C=O) groups is 1. The van der Waals surface area contributed by atoms with Crippen LogP contribution >= 0.6 is 11.3 Å². The van der Waals surface area contributed by atoms with Crippen LogP contribution in [0.15, 0.2) is 73.2 Å². The molecular formula is C28H26F2N6OS. The molecule has 0 radical (unpaired) electrons. The van der Waals surface area contributed by atoms with Crippen molar-refractivity contribution in [3.8, 4) is 21.0 Å². The Labute approximate surface area is 222 Å². The lowest BCUT2D eigenvalue weighted by Gasteiger charge is -2.22. The fraction of sp³-hybridized carbons (Fsp3) is 0.214. The molecule has 38 heavy (non-hydrogen) atoms. The Bertz CT molecular complexity index is 1470. The minimum Gasteiger partial charge on any atom is -0.348 e. The van der Waals surface area contributed by atoms with Crippen LogP contribution in [0.3, 0.4) is 0 Å². The van der Waals surface area contributed by atoms with Crippen molar-refractivity contribution in [1.29, 1.82) is 5.41 Å². The number of amides is 1. The molecule has 2 aromatic carbocycles. The Morgan fingerprint density at radius 2 is 1.89 bits per heavy atom. The Morgan fingerprint density at radius 1 is 1.11 bits per heavy atom. The highest BCUT2D eigenvalue weighted by Gasteiger charge is 2.17. The molecule has 1 saturated heterocycles. The first kappa shape index (κ1) is 25.6. The minimum atomic E-state index is -0.776. The molecule has 2 aromatic heterocycles. The van der Waals surface area contributed by atoms with Gasteiger partial charge in [-0.05, 0) is 55.8 Å². The molecule has 0 aliphatic carbocycles. The molecule has 3 heterocycles. The van der Waals surface area contributed by atoms with Crippen LogP contribution in [0.2, 0.25) is 0 Å². The second-order valence-corrected chi connectivity index (χ2v) is 10.1. The Kier molecular flexibility index (Phi) is 7.81. The average molecular weight is 533 g/mol. The molecule has 3 N–H and O–H groups in total. The van der Waals surface area contributed by atoms with Gasteiger partial charge in [-0.25, -0.2) is 13.8 Å². The van der Waals surface area contributed by atoms with Crippen molar-refractivity contribution in [1.82, 2.24) is 25.4 Å². The summed E-state index contributed by atoms with van der Waals surface area (Å²) >= 11 is 1.59. The molecular weight excluding hydrogens is 506 g/mol. The Morgan fingerprint density at radius 3 is 2.68 bits per heavy atom. The molecule has 7 nitrogen and oxygen atoms in total. The number of hydrogen-bond acceptors (Lipinski definition) is 6. The second kappa shape index (κ2) is 11.6. The fourth-order valence-corrected chi connectivity index (χ4v) is 5.19. The van der Waals surface area contributed by atoms with Crippen molar-refractivity contribution < 1.29 is 13.6 Å². The third-order valence-electron chi connectivity index (χ3n) is 6.29. The largest absolute Gasteiger partial charge is 0.348 e. The molecule has 1 fully saturated rings. The molecule has 10 heteroatoms. The molecule has 0 unspecified atom stereocenters. The highest BCUT2D eigenvalue weighted by Crippen LogP contribution is 2.33. The average Bonchev–Trinajstić information content (AvgIpc) is 3.61. The van der Waals surface area contributed by atoms with Crippen LogP contribution in [-0.2, 0) is 11.3 Å². The van der Waals surface area contributed by atoms with Crippen molar-refractivity contribution in [2.75, 3.05) is 13.1 Å². The minimum absolute atomic E-state index is 0.0562. The molecule has 4 aromatic rings. The lowest BCUT2D eigenvalue weighted by atomic mass is 10.1. The van der Waals surface area contributed by atoms with E-state index in [4.69, 9.17) is 5.41 Å². The molecule has 5 rings (SSSR count). The third kappa shape index (κ3) is 6.27. The van der Waals surface area contributed by atoms with Gasteiger partial charge in [-0.3, -0.25) is 9.48 Å². The van der Waals surface area contributed by atoms with Gasteiger partial charge in [-0.2, -0.15) is 5.10 Å². The van der Waals surface area contributed by atoms with Gasteiger partial charge in [0.2, 0.25) is 5.91 Å². The zero-order valence-electron chi connectivity index (χ0n) is 20.5. The summed E-state index contributed by atoms with van der Waals surface area (Å²) in [6.45, 7) is 2.30. The highest BCUT2D eigenvalue weighted by atomic mass is 32.1. The lowest BCUT2D eigenvalue weighted by molar-refractivity contribution is -0.116. The molecule has 0 spiro atoms. The highest BCUT2D eigenvalue weighted by molar-refractivity contribution is 7.18. The van der Waals surface area contributed by atoms with Gasteiger partial charge in [0.1, 0.15) is 16.6 Å². The number of thiazole rings is 1. The monoisotopic (exact) mass is 532 g/mol. The zero-order chi connectivity index (χ0) is 26.5. The standard InChI is InChI=1S/C28H26F2N6OS/c29-22-11-20(12-23(30)13-22)25(31)4-5-27(37)33-14-18-2-1-3-19(10-18)28-34-16-26(38-28)21-15-35-36(17-21)24-6-8-32-9-7-24/h1-5,10-13,15-17,24,31-32H,6-9,14H2,(H,33,37)/b5-4-,31-25?. The first-order valence-electron chi connectivity index (χ1n) is 12.3. The van der Waals surface area contributed by atoms with Gasteiger partial charge in [-0.15, -0.1) is 11.3 Å². The number of halogens is 2. The van der Waals surface area contributed by atoms with Crippen molar-refractivity contribution in [3.05, 3.63) is 96.0 Å². The number of nitrogens with zero attached hydrogens (tertiary/aromatic N) is 3. The molecule has 0 atom stereocenters. The van der Waals surface area contributed by atoms with Crippen molar-refractivity contribution in [2.45, 2.75) is 25.4 Å². The summed E-state index contributed by atoms with van der Waals surface area (Å²) in [5.41, 5.74) is 2.78. The van der Waals surface area contributed by atoms with Crippen molar-refractivity contribution in [2.24, 2.45) is 0 Å². The quantitative estimate of drug-likeness (QED) is 0.217. The molecule has 1 aliphatic heterocycles. The summed E-state index contributed by atoms with van der Waals surface area (Å²) in [6.07, 6.45) is 10.4. The Hall–Kier alpha value is -4.02. The number of piperidine rings is 1. The number of nitrogens with one attached hydrogen (secondary N) is 3. The zero-order valence-corrected chi connectivity index (χ0v) is 21.3. The Balaban J connectivity index is 1.19. The van der Waals surface area contributed by atoms with Gasteiger partial charge < -0.3 is 16.0 Å². The van der Waals surface area contributed by atoms with Crippen LogP contribution in [0.5, 0.6) is 0 Å². The van der Waals surface area contributed by atoms with E-state index in [0.717, 1.165) is 70.7 Å². The van der Waals surface area contributed by atoms with E-state index in [1.54, 1.807) is 11.3 Å². The van der Waals surface area contributed by atoms with E-state index in [-0.39, 0.29) is 17.8 Å². The van der Waals surface area contributed by atoms with Gasteiger partial charge in [0.05, 0.1) is 22.8 Å². The summed E-state index contributed by atoms with van der Waals surface area (Å²) in [5.74, 6) is -1.97. The van der Waals surface area contributed by atoms with E-state index in [1.165, 1.54) is 12.2 Å². The number of benzene rings is 2. The lowest BCUT2D eigenvalue weighted by Crippen LogP contribution is -2.29. The topological polar surface area (TPSA) is 95.7 Å². The number of hydrogen-bond donors (Lipinski definition) is 3. The van der Waals surface area contributed by atoms with Crippen LogP contribution in [0, 0.1) is 17.0 Å². The van der Waals surface area contributed by atoms with Crippen LogP contribution < -0.4 is 10.6 Å². The van der Waals surface area contributed by atoms with Crippen LogP contribution in [-0.4, -0.2) is 39.5 Å². The fourth-order valence-electron chi connectivity index (χ4n) is 4.30. The second-order valence-electron chi connectivity index (χ2n) is 9.04. The molecule has 1 aliphatic rings. The summed E-state index contributed by atoms with van der Waals surface area (Å²) < 4.78 is 28.8. The number of aromatic nitrogens is 3. The molecule has 0 bridgehead atoms. The number of carbonyl (C=O) groups excluding carboxylic acids is 1. The molecule has 1 amide bonds. The summed E-state index contributed by atoms with van der Waals surface area (Å²) in [7, 11) is 0. The van der Waals surface area contributed by atoms with Gasteiger partial charge in [0.25, 0.3) is 0 Å². The maximum Gasteiger partial charge on any atom is 0.244 e. The van der Waals surface area contributed by atoms with E-state index in [9.17, 15) is 13.6 Å². The first-order valence-corrected chi connectivity index (χ1v) is 13.1. The van der Waals surface area contributed by atoms with E-state index in [2.05, 4.69) is 31.6 Å². The number of allylic oxidation sites excluding steroid dienone is 1. The van der Waals surface area contributed by atoms with Gasteiger partial charge in [-0.1, -0.05) is 18.2 Å². The smallest absolute Gasteiger partial charge is 0.244 e. The van der Waals surface area contributed by atoms with Crippen molar-refractivity contribution in [3.63, 3.8) is 0 Å². The van der Waals surface area contributed by atoms with E-state index >= 15 is 0 Å². The van der Waals surface area contributed by atoms with Crippen LogP contribution in [0.4, 0.5) is 8.78 Å². The molecule has 194 valence electrons. The molecule has 0 saturated carbocycles. The van der Waals surface area contributed by atoms with E-state index in [1.807, 2.05) is 36.7 Å². The maximum atomic E-state index is 13.4. The van der Waals surface area contributed by atoms with Gasteiger partial charge >= 0.3 is 0 Å². The van der Waals surface area contributed by atoms with Crippen molar-refractivity contribution >= 4 is 23.0 Å². The maximum absolute atomic E-state index is 13.4. The third-order valence-corrected chi connectivity index (χ3v) is 7.39. The van der Waals surface area contributed by atoms with Gasteiger partial charge in [0.15, 0.2) is 0 Å². The SMILES string of the molecule is N=C(/C=C\C(=O)NCc1cccc(-c2ncc(-c3cnn(C4CCNCC4)c3)s2)c1)c1cc(F)cc(F)c1. The van der Waals surface area contributed by atoms with Crippen LogP contribution in [0.1, 0.15) is 30.0 Å². The summed E-state index contributed by atoms with van der Waals surface area (Å²) in [6, 6.07) is 11.0. The summed E-state index contributed by atoms with van der Waals surface area (Å²) in [5, 5.41) is 19.5. The van der Waals surface area contributed by atoms with E-state index in [0.29, 0.717) is 6.04 Å². The first-order chi connectivity index (χ1) is 18.4. The normalized spacial score (nSPS) is 14.2.